The Bertz CT molecular complexity index is 1020. The first-order valence-electron chi connectivity index (χ1n) is 9.59. The lowest BCUT2D eigenvalue weighted by atomic mass is 10.1. The summed E-state index contributed by atoms with van der Waals surface area (Å²) in [4.78, 5) is 16.6. The maximum absolute atomic E-state index is 11.9. The average Bonchev–Trinajstić information content (AvgIpc) is 2.71. The van der Waals surface area contributed by atoms with Gasteiger partial charge in [-0.2, -0.15) is 0 Å². The lowest BCUT2D eigenvalue weighted by Crippen LogP contribution is -2.45. The van der Waals surface area contributed by atoms with Crippen LogP contribution in [0.25, 0.3) is 17.0 Å². The molecular weight excluding hydrogens is 352 g/mol. The summed E-state index contributed by atoms with van der Waals surface area (Å²) in [7, 11) is 0. The highest BCUT2D eigenvalue weighted by Crippen LogP contribution is 2.23. The lowest BCUT2D eigenvalue weighted by molar-refractivity contribution is 0.137. The second kappa shape index (κ2) is 8.42. The summed E-state index contributed by atoms with van der Waals surface area (Å²) in [6.45, 7) is 5.49. The van der Waals surface area contributed by atoms with Gasteiger partial charge in [-0.25, -0.2) is 4.79 Å². The van der Waals surface area contributed by atoms with E-state index >= 15 is 0 Å². The molecule has 1 N–H and O–H groups in total. The van der Waals surface area contributed by atoms with Crippen LogP contribution in [0.4, 0.5) is 0 Å². The Balaban J connectivity index is 1.36. The highest BCUT2D eigenvalue weighted by Gasteiger charge is 2.17. The molecule has 2 aromatic carbocycles. The van der Waals surface area contributed by atoms with Crippen molar-refractivity contribution >= 4 is 17.0 Å². The molecule has 0 saturated carbocycles. The summed E-state index contributed by atoms with van der Waals surface area (Å²) >= 11 is 0. The van der Waals surface area contributed by atoms with Crippen molar-refractivity contribution in [3.63, 3.8) is 0 Å². The Morgan fingerprint density at radius 3 is 2.50 bits per heavy atom. The van der Waals surface area contributed by atoms with Crippen molar-refractivity contribution in [3.05, 3.63) is 82.2 Å². The molecule has 0 amide bonds. The minimum absolute atomic E-state index is 0.178. The highest BCUT2D eigenvalue weighted by atomic mass is 16.4. The highest BCUT2D eigenvalue weighted by molar-refractivity contribution is 5.81. The van der Waals surface area contributed by atoms with Crippen LogP contribution in [0.5, 0.6) is 5.75 Å². The molecule has 144 valence electrons. The van der Waals surface area contributed by atoms with Crippen molar-refractivity contribution < 1.29 is 9.52 Å². The number of piperazine rings is 1. The van der Waals surface area contributed by atoms with Crippen LogP contribution < -0.4 is 5.63 Å². The van der Waals surface area contributed by atoms with Gasteiger partial charge < -0.3 is 9.52 Å². The first-order chi connectivity index (χ1) is 13.7. The standard InChI is InChI=1S/C23H24N2O3/c26-20-8-9-22-21(16-20)19(15-23(27)28-22)17-25-13-11-24(12-14-25)10-4-7-18-5-2-1-3-6-18/h1-9,15-16,26H,10-14,17H2/b7-4+. The molecule has 1 aliphatic heterocycles. The molecule has 0 unspecified atom stereocenters. The molecule has 5 nitrogen and oxygen atoms in total. The number of fused-ring (bicyclic) bond motifs is 1. The van der Waals surface area contributed by atoms with E-state index in [1.807, 2.05) is 18.2 Å². The quantitative estimate of drug-likeness (QED) is 0.692. The van der Waals surface area contributed by atoms with E-state index in [0.29, 0.717) is 12.1 Å². The fraction of sp³-hybridized carbons (Fsp3) is 0.261. The third-order valence-electron chi connectivity index (χ3n) is 5.14. The predicted octanol–water partition coefficient (Wildman–Crippen LogP) is 3.33. The zero-order valence-electron chi connectivity index (χ0n) is 15.8. The zero-order valence-corrected chi connectivity index (χ0v) is 15.8. The molecule has 4 rings (SSSR count). The van der Waals surface area contributed by atoms with E-state index < -0.39 is 0 Å². The molecule has 1 fully saturated rings. The molecule has 0 bridgehead atoms. The van der Waals surface area contributed by atoms with Crippen LogP contribution in [-0.4, -0.2) is 47.6 Å². The Labute approximate surface area is 164 Å². The molecule has 3 aromatic rings. The van der Waals surface area contributed by atoms with E-state index in [9.17, 15) is 9.90 Å². The summed E-state index contributed by atoms with van der Waals surface area (Å²) in [6.07, 6.45) is 4.37. The van der Waals surface area contributed by atoms with Crippen molar-refractivity contribution in [2.75, 3.05) is 32.7 Å². The third kappa shape index (κ3) is 4.50. The van der Waals surface area contributed by atoms with Gasteiger partial charge in [-0.15, -0.1) is 0 Å². The summed E-state index contributed by atoms with van der Waals surface area (Å²) in [5.74, 6) is 0.178. The van der Waals surface area contributed by atoms with E-state index in [1.165, 1.54) is 17.7 Å². The molecule has 0 radical (unpaired) electrons. The molecule has 1 saturated heterocycles. The molecule has 0 spiro atoms. The van der Waals surface area contributed by atoms with E-state index in [1.54, 1.807) is 12.1 Å². The molecule has 0 atom stereocenters. The Hall–Kier alpha value is -2.89. The minimum Gasteiger partial charge on any atom is -0.508 e. The second-order valence-corrected chi connectivity index (χ2v) is 7.16. The Morgan fingerprint density at radius 2 is 1.71 bits per heavy atom. The van der Waals surface area contributed by atoms with Gasteiger partial charge in [-0.3, -0.25) is 9.80 Å². The van der Waals surface area contributed by atoms with Gasteiger partial charge in [0.05, 0.1) is 0 Å². The van der Waals surface area contributed by atoms with Gasteiger partial charge in [0, 0.05) is 50.7 Å². The summed E-state index contributed by atoms with van der Waals surface area (Å²) < 4.78 is 5.24. The van der Waals surface area contributed by atoms with Crippen molar-refractivity contribution in [3.8, 4) is 5.75 Å². The van der Waals surface area contributed by atoms with E-state index in [-0.39, 0.29) is 11.4 Å². The van der Waals surface area contributed by atoms with Crippen molar-refractivity contribution in [1.82, 2.24) is 9.80 Å². The fourth-order valence-electron chi connectivity index (χ4n) is 3.62. The number of phenols is 1. The van der Waals surface area contributed by atoms with Gasteiger partial charge in [-0.05, 0) is 29.3 Å². The third-order valence-corrected chi connectivity index (χ3v) is 5.14. The van der Waals surface area contributed by atoms with Crippen LogP contribution >= 0.6 is 0 Å². The number of hydrogen-bond acceptors (Lipinski definition) is 5. The number of nitrogens with zero attached hydrogens (tertiary/aromatic N) is 2. The first kappa shape index (κ1) is 18.5. The van der Waals surface area contributed by atoms with Gasteiger partial charge in [-0.1, -0.05) is 42.5 Å². The maximum atomic E-state index is 11.9. The number of hydrogen-bond donors (Lipinski definition) is 1. The molecular formula is C23H24N2O3. The van der Waals surface area contributed by atoms with Crippen LogP contribution in [0.2, 0.25) is 0 Å². The normalized spacial score (nSPS) is 16.1. The van der Waals surface area contributed by atoms with Gasteiger partial charge in [0.15, 0.2) is 0 Å². The van der Waals surface area contributed by atoms with Gasteiger partial charge in [0.1, 0.15) is 11.3 Å². The van der Waals surface area contributed by atoms with Crippen LogP contribution in [0.3, 0.4) is 0 Å². The minimum atomic E-state index is -0.349. The van der Waals surface area contributed by atoms with Crippen LogP contribution in [0.15, 0.2) is 69.9 Å². The summed E-state index contributed by atoms with van der Waals surface area (Å²) in [5.41, 5.74) is 2.29. The van der Waals surface area contributed by atoms with Gasteiger partial charge in [0.2, 0.25) is 0 Å². The summed E-state index contributed by atoms with van der Waals surface area (Å²) in [6, 6.07) is 16.7. The molecule has 28 heavy (non-hydrogen) atoms. The van der Waals surface area contributed by atoms with E-state index in [0.717, 1.165) is 43.7 Å². The largest absolute Gasteiger partial charge is 0.508 e. The number of rotatable bonds is 5. The van der Waals surface area contributed by atoms with Gasteiger partial charge in [0.25, 0.3) is 0 Å². The van der Waals surface area contributed by atoms with Crippen LogP contribution in [0.1, 0.15) is 11.1 Å². The number of benzene rings is 2. The monoisotopic (exact) mass is 376 g/mol. The molecule has 5 heteroatoms. The van der Waals surface area contributed by atoms with Crippen LogP contribution in [-0.2, 0) is 6.54 Å². The maximum Gasteiger partial charge on any atom is 0.336 e. The predicted molar refractivity (Wildman–Crippen MR) is 111 cm³/mol. The molecule has 2 heterocycles. The van der Waals surface area contributed by atoms with Crippen molar-refractivity contribution in [2.45, 2.75) is 6.54 Å². The Morgan fingerprint density at radius 1 is 0.964 bits per heavy atom. The smallest absolute Gasteiger partial charge is 0.336 e. The SMILES string of the molecule is O=c1cc(CN2CCN(C/C=C/c3ccccc3)CC2)c2cc(O)ccc2o1. The zero-order chi connectivity index (χ0) is 19.3. The second-order valence-electron chi connectivity index (χ2n) is 7.16. The number of aromatic hydroxyl groups is 1. The first-order valence-corrected chi connectivity index (χ1v) is 9.59. The average molecular weight is 376 g/mol. The summed E-state index contributed by atoms with van der Waals surface area (Å²) in [5, 5.41) is 10.6. The van der Waals surface area contributed by atoms with Crippen molar-refractivity contribution in [2.24, 2.45) is 0 Å². The molecule has 0 aliphatic carbocycles. The number of phenolic OH excluding ortho intramolecular Hbond substituents is 1. The van der Waals surface area contributed by atoms with Crippen LogP contribution in [0, 0.1) is 0 Å². The molecule has 1 aromatic heterocycles. The van der Waals surface area contributed by atoms with E-state index in [4.69, 9.17) is 4.42 Å². The molecule has 1 aliphatic rings. The Kier molecular flexibility index (Phi) is 5.55. The van der Waals surface area contributed by atoms with Crippen molar-refractivity contribution in [1.29, 1.82) is 0 Å². The van der Waals surface area contributed by atoms with E-state index in [2.05, 4.69) is 34.1 Å². The topological polar surface area (TPSA) is 56.9 Å². The van der Waals surface area contributed by atoms with Gasteiger partial charge >= 0.3 is 5.63 Å². The fourth-order valence-corrected chi connectivity index (χ4v) is 3.62. The lowest BCUT2D eigenvalue weighted by Gasteiger charge is -2.34.